The van der Waals surface area contributed by atoms with E-state index in [0.29, 0.717) is 18.1 Å². The zero-order valence-corrected chi connectivity index (χ0v) is 13.5. The molecule has 1 aromatic carbocycles. The smallest absolute Gasteiger partial charge is 0.220 e. The van der Waals surface area contributed by atoms with E-state index in [1.54, 1.807) is 0 Å². The third-order valence-corrected chi connectivity index (χ3v) is 5.08. The Kier molecular flexibility index (Phi) is 5.39. The van der Waals surface area contributed by atoms with E-state index in [1.165, 1.54) is 12.2 Å². The molecule has 0 saturated carbocycles. The molecule has 1 aliphatic heterocycles. The number of primary amides is 1. The van der Waals surface area contributed by atoms with Crippen molar-refractivity contribution < 1.29 is 9.53 Å². The first-order valence-electron chi connectivity index (χ1n) is 7.30. The fraction of sp³-hybridized carbons (Fsp3) is 0.562. The molecule has 116 valence electrons. The molecular weight excluding hydrogens is 284 g/mol. The van der Waals surface area contributed by atoms with E-state index in [2.05, 4.69) is 19.2 Å². The lowest BCUT2D eigenvalue weighted by molar-refractivity contribution is -0.118. The van der Waals surface area contributed by atoms with Gasteiger partial charge in [0.25, 0.3) is 0 Å². The lowest BCUT2D eigenvalue weighted by atomic mass is 9.88. The molecule has 5 heteroatoms. The minimum absolute atomic E-state index is 0.244. The normalized spacial score (nSPS) is 20.8. The summed E-state index contributed by atoms with van der Waals surface area (Å²) < 4.78 is 5.46. The van der Waals surface area contributed by atoms with Crippen molar-refractivity contribution in [3.8, 4) is 5.75 Å². The molecule has 1 heterocycles. The molecule has 0 spiro atoms. The maximum absolute atomic E-state index is 10.6. The van der Waals surface area contributed by atoms with Crippen LogP contribution in [-0.2, 0) is 4.79 Å². The molecule has 3 N–H and O–H groups in total. The molecule has 21 heavy (non-hydrogen) atoms. The highest BCUT2D eigenvalue weighted by Crippen LogP contribution is 2.34. The average molecular weight is 308 g/mol. The van der Waals surface area contributed by atoms with E-state index in [0.717, 1.165) is 17.2 Å². The van der Waals surface area contributed by atoms with Crippen LogP contribution in [0.2, 0.25) is 0 Å². The maximum Gasteiger partial charge on any atom is 0.220 e. The molecular formula is C16H24N2O2S. The van der Waals surface area contributed by atoms with E-state index >= 15 is 0 Å². The van der Waals surface area contributed by atoms with Gasteiger partial charge in [0.05, 0.1) is 13.0 Å². The predicted octanol–water partition coefficient (Wildman–Crippen LogP) is 2.88. The Morgan fingerprint density at radius 2 is 2.14 bits per heavy atom. The quantitative estimate of drug-likeness (QED) is 0.848. The molecule has 1 amide bonds. The van der Waals surface area contributed by atoms with Crippen LogP contribution in [0.4, 0.5) is 5.69 Å². The van der Waals surface area contributed by atoms with Crippen LogP contribution in [0.3, 0.4) is 0 Å². The van der Waals surface area contributed by atoms with Crippen molar-refractivity contribution in [3.63, 3.8) is 0 Å². The molecule has 1 aliphatic rings. The largest absolute Gasteiger partial charge is 0.493 e. The summed E-state index contributed by atoms with van der Waals surface area (Å²) in [6, 6.07) is 8.40. The molecule has 0 bridgehead atoms. The van der Waals surface area contributed by atoms with Crippen molar-refractivity contribution in [1.29, 1.82) is 0 Å². The SMILES string of the molecule is CC1(C)CSCC(Nc2ccc(OCCC(N)=O)cc2)C1. The van der Waals surface area contributed by atoms with Gasteiger partial charge in [-0.15, -0.1) is 0 Å². The topological polar surface area (TPSA) is 64.3 Å². The number of amides is 1. The number of anilines is 1. The standard InChI is InChI=1S/C16H24N2O2S/c1-16(2)9-13(10-21-11-16)18-12-3-5-14(6-4-12)20-8-7-15(17)19/h3-6,13,18H,7-11H2,1-2H3,(H2,17,19). The van der Waals surface area contributed by atoms with Crippen LogP contribution in [0.15, 0.2) is 24.3 Å². The molecule has 2 rings (SSSR count). The number of nitrogens with two attached hydrogens (primary N) is 1. The maximum atomic E-state index is 10.6. The van der Waals surface area contributed by atoms with Crippen LogP contribution in [-0.4, -0.2) is 30.1 Å². The Morgan fingerprint density at radius 1 is 1.43 bits per heavy atom. The van der Waals surface area contributed by atoms with E-state index in [-0.39, 0.29) is 12.3 Å². The number of hydrogen-bond donors (Lipinski definition) is 2. The molecule has 4 nitrogen and oxygen atoms in total. The monoisotopic (exact) mass is 308 g/mol. The third-order valence-electron chi connectivity index (χ3n) is 3.45. The highest BCUT2D eigenvalue weighted by molar-refractivity contribution is 7.99. The second-order valence-electron chi connectivity index (χ2n) is 6.31. The number of rotatable bonds is 6. The number of ether oxygens (including phenoxy) is 1. The minimum atomic E-state index is -0.342. The second-order valence-corrected chi connectivity index (χ2v) is 7.34. The first-order chi connectivity index (χ1) is 9.94. The fourth-order valence-corrected chi connectivity index (χ4v) is 3.78. The summed E-state index contributed by atoms with van der Waals surface area (Å²) >= 11 is 2.02. The summed E-state index contributed by atoms with van der Waals surface area (Å²) in [7, 11) is 0. The van der Waals surface area contributed by atoms with Gasteiger partial charge in [-0.1, -0.05) is 13.8 Å². The summed E-state index contributed by atoms with van der Waals surface area (Å²) in [5.41, 5.74) is 6.59. The van der Waals surface area contributed by atoms with Gasteiger partial charge in [0.15, 0.2) is 0 Å². The van der Waals surface area contributed by atoms with Crippen LogP contribution in [0.1, 0.15) is 26.7 Å². The predicted molar refractivity (Wildman–Crippen MR) is 88.9 cm³/mol. The molecule has 1 saturated heterocycles. The Balaban J connectivity index is 1.83. The lowest BCUT2D eigenvalue weighted by Gasteiger charge is -2.35. The molecule has 0 radical (unpaired) electrons. The van der Waals surface area contributed by atoms with E-state index in [4.69, 9.17) is 10.5 Å². The van der Waals surface area contributed by atoms with Gasteiger partial charge in [0, 0.05) is 17.5 Å². The van der Waals surface area contributed by atoms with Crippen molar-refractivity contribution in [2.24, 2.45) is 11.1 Å². The zero-order chi connectivity index (χ0) is 15.3. The van der Waals surface area contributed by atoms with E-state index < -0.39 is 0 Å². The zero-order valence-electron chi connectivity index (χ0n) is 12.7. The number of thioether (sulfide) groups is 1. The van der Waals surface area contributed by atoms with E-state index in [1.807, 2.05) is 36.0 Å². The van der Waals surface area contributed by atoms with Crippen LogP contribution in [0.25, 0.3) is 0 Å². The first kappa shape index (κ1) is 16.0. The van der Waals surface area contributed by atoms with Gasteiger partial charge >= 0.3 is 0 Å². The van der Waals surface area contributed by atoms with Crippen molar-refractivity contribution in [2.75, 3.05) is 23.4 Å². The Morgan fingerprint density at radius 3 is 2.76 bits per heavy atom. The molecule has 1 unspecified atom stereocenters. The van der Waals surface area contributed by atoms with Crippen LogP contribution < -0.4 is 15.8 Å². The first-order valence-corrected chi connectivity index (χ1v) is 8.45. The second kappa shape index (κ2) is 7.07. The van der Waals surface area contributed by atoms with Crippen LogP contribution in [0, 0.1) is 5.41 Å². The van der Waals surface area contributed by atoms with Gasteiger partial charge in [0.2, 0.25) is 5.91 Å². The van der Waals surface area contributed by atoms with Gasteiger partial charge in [-0.05, 0) is 41.9 Å². The van der Waals surface area contributed by atoms with Crippen molar-refractivity contribution in [2.45, 2.75) is 32.7 Å². The molecule has 0 aromatic heterocycles. The number of carbonyl (C=O) groups is 1. The summed E-state index contributed by atoms with van der Waals surface area (Å²) in [6.45, 7) is 4.97. The lowest BCUT2D eigenvalue weighted by Crippen LogP contribution is -2.35. The minimum Gasteiger partial charge on any atom is -0.493 e. The highest BCUT2D eigenvalue weighted by Gasteiger charge is 2.28. The van der Waals surface area contributed by atoms with Crippen LogP contribution in [0.5, 0.6) is 5.75 Å². The fourth-order valence-electron chi connectivity index (χ4n) is 2.51. The van der Waals surface area contributed by atoms with Crippen molar-refractivity contribution >= 4 is 23.4 Å². The number of nitrogens with one attached hydrogen (secondary N) is 1. The van der Waals surface area contributed by atoms with E-state index in [9.17, 15) is 4.79 Å². The van der Waals surface area contributed by atoms with Gasteiger partial charge in [-0.2, -0.15) is 11.8 Å². The number of carbonyl (C=O) groups excluding carboxylic acids is 1. The van der Waals surface area contributed by atoms with Crippen molar-refractivity contribution in [3.05, 3.63) is 24.3 Å². The summed E-state index contributed by atoms with van der Waals surface area (Å²) in [5, 5.41) is 3.59. The number of hydrogen-bond acceptors (Lipinski definition) is 4. The molecule has 0 aliphatic carbocycles. The van der Waals surface area contributed by atoms with Gasteiger partial charge in [-0.25, -0.2) is 0 Å². The third kappa shape index (κ3) is 5.50. The Hall–Kier alpha value is -1.36. The van der Waals surface area contributed by atoms with Crippen LogP contribution >= 0.6 is 11.8 Å². The molecule has 1 aromatic rings. The Bertz CT molecular complexity index is 474. The summed E-state index contributed by atoms with van der Waals surface area (Å²) in [4.78, 5) is 10.6. The average Bonchev–Trinajstić information content (AvgIpc) is 2.39. The van der Waals surface area contributed by atoms with Crippen molar-refractivity contribution in [1.82, 2.24) is 0 Å². The highest BCUT2D eigenvalue weighted by atomic mass is 32.2. The summed E-state index contributed by atoms with van der Waals surface area (Å²) in [6.07, 6.45) is 1.44. The van der Waals surface area contributed by atoms with Gasteiger partial charge in [-0.3, -0.25) is 4.79 Å². The molecule has 1 atom stereocenters. The summed E-state index contributed by atoms with van der Waals surface area (Å²) in [5.74, 6) is 2.81. The van der Waals surface area contributed by atoms with Gasteiger partial charge in [0.1, 0.15) is 5.75 Å². The Labute approximate surface area is 130 Å². The molecule has 1 fully saturated rings. The number of benzene rings is 1. The van der Waals surface area contributed by atoms with Gasteiger partial charge < -0.3 is 15.8 Å².